The maximum Gasteiger partial charge on any atom is 0.222 e. The predicted molar refractivity (Wildman–Crippen MR) is 96.8 cm³/mol. The van der Waals surface area contributed by atoms with Gasteiger partial charge in [0.15, 0.2) is 0 Å². The van der Waals surface area contributed by atoms with Crippen molar-refractivity contribution in [1.29, 1.82) is 0 Å². The van der Waals surface area contributed by atoms with Crippen molar-refractivity contribution in [3.05, 3.63) is 35.9 Å². The summed E-state index contributed by atoms with van der Waals surface area (Å²) >= 11 is 0. The molecule has 1 aromatic carbocycles. The van der Waals surface area contributed by atoms with E-state index >= 15 is 0 Å². The number of rotatable bonds is 3. The minimum atomic E-state index is 0. The molecule has 0 spiro atoms. The average molecular weight is 337 g/mol. The van der Waals surface area contributed by atoms with Gasteiger partial charge in [0.2, 0.25) is 5.91 Å². The second-order valence-electron chi connectivity index (χ2n) is 7.04. The van der Waals surface area contributed by atoms with E-state index in [0.717, 1.165) is 13.0 Å². The zero-order valence-corrected chi connectivity index (χ0v) is 14.6. The van der Waals surface area contributed by atoms with E-state index in [9.17, 15) is 4.79 Å². The molecule has 23 heavy (non-hydrogen) atoms. The first-order valence-corrected chi connectivity index (χ1v) is 8.82. The Morgan fingerprint density at radius 3 is 2.35 bits per heavy atom. The molecule has 2 atom stereocenters. The molecule has 1 aliphatic heterocycles. The van der Waals surface area contributed by atoms with Crippen molar-refractivity contribution < 1.29 is 4.79 Å². The molecule has 0 unspecified atom stereocenters. The number of carbonyl (C=O) groups is 1. The van der Waals surface area contributed by atoms with Gasteiger partial charge in [-0.1, -0.05) is 56.0 Å². The van der Waals surface area contributed by atoms with Gasteiger partial charge in [-0.25, -0.2) is 0 Å². The van der Waals surface area contributed by atoms with Crippen molar-refractivity contribution in [3.8, 4) is 0 Å². The Morgan fingerprint density at radius 1 is 1.04 bits per heavy atom. The van der Waals surface area contributed by atoms with E-state index in [2.05, 4.69) is 24.3 Å². The molecule has 2 aliphatic rings. The highest BCUT2D eigenvalue weighted by Gasteiger charge is 2.34. The van der Waals surface area contributed by atoms with Crippen LogP contribution >= 0.6 is 12.4 Å². The summed E-state index contributed by atoms with van der Waals surface area (Å²) in [5.74, 6) is 1.21. The van der Waals surface area contributed by atoms with Gasteiger partial charge in [-0.2, -0.15) is 0 Å². The van der Waals surface area contributed by atoms with E-state index in [1.807, 2.05) is 11.0 Å². The van der Waals surface area contributed by atoms with Crippen LogP contribution in [0.15, 0.2) is 30.3 Å². The van der Waals surface area contributed by atoms with E-state index in [1.54, 1.807) is 0 Å². The number of benzene rings is 1. The van der Waals surface area contributed by atoms with Crippen LogP contribution in [0, 0.1) is 5.92 Å². The smallest absolute Gasteiger partial charge is 0.222 e. The first-order chi connectivity index (χ1) is 10.7. The molecule has 0 radical (unpaired) electrons. The van der Waals surface area contributed by atoms with Gasteiger partial charge in [0, 0.05) is 31.5 Å². The van der Waals surface area contributed by atoms with Crippen LogP contribution in [0.3, 0.4) is 0 Å². The zero-order chi connectivity index (χ0) is 15.4. The lowest BCUT2D eigenvalue weighted by molar-refractivity contribution is -0.131. The predicted octanol–water partition coefficient (Wildman–Crippen LogP) is 3.72. The van der Waals surface area contributed by atoms with Gasteiger partial charge < -0.3 is 10.6 Å². The van der Waals surface area contributed by atoms with Gasteiger partial charge >= 0.3 is 0 Å². The summed E-state index contributed by atoms with van der Waals surface area (Å²) in [4.78, 5) is 14.6. The molecule has 2 N–H and O–H groups in total. The Kier molecular flexibility index (Phi) is 6.91. The normalized spacial score (nSPS) is 25.7. The van der Waals surface area contributed by atoms with E-state index in [1.165, 1.54) is 44.1 Å². The van der Waals surface area contributed by atoms with Crippen molar-refractivity contribution in [1.82, 2.24) is 4.90 Å². The largest absolute Gasteiger partial charge is 0.340 e. The number of hydrogen-bond donors (Lipinski definition) is 1. The maximum absolute atomic E-state index is 12.6. The Hall–Kier alpha value is -1.06. The molecule has 1 heterocycles. The summed E-state index contributed by atoms with van der Waals surface area (Å²) in [6.07, 6.45) is 8.47. The fraction of sp³-hybridized carbons (Fsp3) is 0.632. The Bertz CT molecular complexity index is 485. The van der Waals surface area contributed by atoms with Crippen LogP contribution in [-0.2, 0) is 4.79 Å². The molecule has 1 saturated carbocycles. The monoisotopic (exact) mass is 336 g/mol. The third-order valence-electron chi connectivity index (χ3n) is 5.38. The van der Waals surface area contributed by atoms with E-state index in [4.69, 9.17) is 5.73 Å². The fourth-order valence-electron chi connectivity index (χ4n) is 4.03. The number of nitrogens with zero attached hydrogens (tertiary/aromatic N) is 1. The lowest BCUT2D eigenvalue weighted by Gasteiger charge is -2.20. The van der Waals surface area contributed by atoms with Gasteiger partial charge in [-0.3, -0.25) is 4.79 Å². The van der Waals surface area contributed by atoms with Gasteiger partial charge in [0.25, 0.3) is 0 Å². The molecule has 0 aromatic heterocycles. The van der Waals surface area contributed by atoms with Crippen molar-refractivity contribution in [2.24, 2.45) is 11.7 Å². The SMILES string of the molecule is Cl.N[C@@H]1CN(C(=O)CC2CCCCCC2)C[C@H]1c1ccccc1. The number of carbonyl (C=O) groups excluding carboxylic acids is 1. The van der Waals surface area contributed by atoms with Crippen LogP contribution in [0.5, 0.6) is 0 Å². The topological polar surface area (TPSA) is 46.3 Å². The average Bonchev–Trinajstić information content (AvgIpc) is 2.75. The molecule has 3 nitrogen and oxygen atoms in total. The molecular formula is C19H29ClN2O. The molecular weight excluding hydrogens is 308 g/mol. The van der Waals surface area contributed by atoms with Crippen LogP contribution in [0.2, 0.25) is 0 Å². The summed E-state index contributed by atoms with van der Waals surface area (Å²) in [5.41, 5.74) is 7.57. The summed E-state index contributed by atoms with van der Waals surface area (Å²) in [5, 5.41) is 0. The highest BCUT2D eigenvalue weighted by molar-refractivity contribution is 5.85. The molecule has 3 rings (SSSR count). The molecule has 128 valence electrons. The molecule has 1 aliphatic carbocycles. The molecule has 1 aromatic rings. The van der Waals surface area contributed by atoms with Gasteiger partial charge in [0.05, 0.1) is 0 Å². The number of nitrogens with two attached hydrogens (primary N) is 1. The molecule has 0 bridgehead atoms. The summed E-state index contributed by atoms with van der Waals surface area (Å²) in [6, 6.07) is 10.5. The molecule has 1 amide bonds. The maximum atomic E-state index is 12.6. The first kappa shape index (κ1) is 18.3. The van der Waals surface area contributed by atoms with Crippen LogP contribution in [0.25, 0.3) is 0 Å². The second kappa shape index (κ2) is 8.70. The highest BCUT2D eigenvalue weighted by Crippen LogP contribution is 2.30. The lowest BCUT2D eigenvalue weighted by Crippen LogP contribution is -2.33. The Morgan fingerprint density at radius 2 is 1.70 bits per heavy atom. The zero-order valence-electron chi connectivity index (χ0n) is 13.8. The van der Waals surface area contributed by atoms with Crippen LogP contribution in [0.1, 0.15) is 56.4 Å². The number of halogens is 1. The van der Waals surface area contributed by atoms with E-state index in [-0.39, 0.29) is 18.4 Å². The lowest BCUT2D eigenvalue weighted by atomic mass is 9.95. The summed E-state index contributed by atoms with van der Waals surface area (Å²) in [7, 11) is 0. The third kappa shape index (κ3) is 4.71. The standard InChI is InChI=1S/C19H28N2O.ClH/c20-18-14-21(13-17(18)16-10-6-3-7-11-16)19(22)12-15-8-4-1-2-5-9-15;/h3,6-7,10-11,15,17-18H,1-2,4-5,8-9,12-14,20H2;1H/t17-,18+;/m0./s1. The number of likely N-dealkylation sites (tertiary alicyclic amines) is 1. The van der Waals surface area contributed by atoms with Crippen molar-refractivity contribution in [3.63, 3.8) is 0 Å². The number of hydrogen-bond acceptors (Lipinski definition) is 2. The summed E-state index contributed by atoms with van der Waals surface area (Å²) < 4.78 is 0. The minimum absolute atomic E-state index is 0. The van der Waals surface area contributed by atoms with Gasteiger partial charge in [-0.05, 0) is 24.3 Å². The molecule has 1 saturated heterocycles. The third-order valence-corrected chi connectivity index (χ3v) is 5.38. The van der Waals surface area contributed by atoms with Gasteiger partial charge in [0.1, 0.15) is 0 Å². The van der Waals surface area contributed by atoms with Crippen LogP contribution < -0.4 is 5.73 Å². The van der Waals surface area contributed by atoms with E-state index < -0.39 is 0 Å². The Labute approximate surface area is 146 Å². The van der Waals surface area contributed by atoms with Crippen molar-refractivity contribution >= 4 is 18.3 Å². The van der Waals surface area contributed by atoms with Crippen molar-refractivity contribution in [2.75, 3.05) is 13.1 Å². The van der Waals surface area contributed by atoms with Crippen molar-refractivity contribution in [2.45, 2.75) is 56.9 Å². The minimum Gasteiger partial charge on any atom is -0.340 e. The van der Waals surface area contributed by atoms with E-state index in [0.29, 0.717) is 24.3 Å². The molecule has 4 heteroatoms. The van der Waals surface area contributed by atoms with Gasteiger partial charge in [-0.15, -0.1) is 12.4 Å². The Balaban J connectivity index is 0.00000192. The van der Waals surface area contributed by atoms with Crippen LogP contribution in [0.4, 0.5) is 0 Å². The number of amides is 1. The first-order valence-electron chi connectivity index (χ1n) is 8.82. The second-order valence-corrected chi connectivity index (χ2v) is 7.04. The fourth-order valence-corrected chi connectivity index (χ4v) is 4.03. The highest BCUT2D eigenvalue weighted by atomic mass is 35.5. The quantitative estimate of drug-likeness (QED) is 0.855. The summed E-state index contributed by atoms with van der Waals surface area (Å²) in [6.45, 7) is 1.50. The van der Waals surface area contributed by atoms with Crippen LogP contribution in [-0.4, -0.2) is 29.9 Å². The molecule has 2 fully saturated rings.